The van der Waals surface area contributed by atoms with Crippen LogP contribution in [0.15, 0.2) is 34.9 Å². The molecule has 8 heteroatoms. The van der Waals surface area contributed by atoms with Crippen molar-refractivity contribution in [3.05, 3.63) is 47.4 Å². The third-order valence-electron chi connectivity index (χ3n) is 5.19. The summed E-state index contributed by atoms with van der Waals surface area (Å²) in [4.78, 5) is 40.1. The van der Waals surface area contributed by atoms with Gasteiger partial charge in [-0.25, -0.2) is 0 Å². The first-order valence-electron chi connectivity index (χ1n) is 9.33. The van der Waals surface area contributed by atoms with Gasteiger partial charge >= 0.3 is 0 Å². The fourth-order valence-corrected chi connectivity index (χ4v) is 3.61. The van der Waals surface area contributed by atoms with Crippen LogP contribution in [0, 0.1) is 0 Å². The lowest BCUT2D eigenvalue weighted by molar-refractivity contribution is -0.129. The molecule has 3 heterocycles. The monoisotopic (exact) mass is 382 g/mol. The largest absolute Gasteiger partial charge is 0.468 e. The van der Waals surface area contributed by atoms with Gasteiger partial charge < -0.3 is 24.9 Å². The number of carbonyl (C=O) groups excluding carboxylic acids is 3. The highest BCUT2D eigenvalue weighted by Gasteiger charge is 2.28. The number of anilines is 2. The van der Waals surface area contributed by atoms with Crippen molar-refractivity contribution in [2.24, 2.45) is 0 Å². The van der Waals surface area contributed by atoms with E-state index in [1.54, 1.807) is 6.92 Å². The van der Waals surface area contributed by atoms with E-state index >= 15 is 0 Å². The molecule has 8 nitrogen and oxygen atoms in total. The second kappa shape index (κ2) is 7.38. The Morgan fingerprint density at radius 3 is 2.50 bits per heavy atom. The van der Waals surface area contributed by atoms with E-state index in [1.807, 2.05) is 29.2 Å². The van der Waals surface area contributed by atoms with Crippen LogP contribution in [0.4, 0.5) is 11.4 Å². The quantitative estimate of drug-likeness (QED) is 0.839. The van der Waals surface area contributed by atoms with Gasteiger partial charge in [0.05, 0.1) is 11.1 Å². The van der Waals surface area contributed by atoms with Crippen molar-refractivity contribution in [1.82, 2.24) is 10.2 Å². The number of carbonyl (C=O) groups is 3. The van der Waals surface area contributed by atoms with Crippen LogP contribution in [-0.4, -0.2) is 55.3 Å². The van der Waals surface area contributed by atoms with Gasteiger partial charge in [0.1, 0.15) is 12.0 Å². The number of nitrogens with zero attached hydrogens (tertiary/aromatic N) is 2. The molecule has 0 atom stereocenters. The molecule has 3 amide bonds. The maximum Gasteiger partial charge on any atom is 0.259 e. The van der Waals surface area contributed by atoms with E-state index in [0.717, 1.165) is 18.8 Å². The number of hydrogen-bond acceptors (Lipinski definition) is 5. The number of rotatable bonds is 3. The summed E-state index contributed by atoms with van der Waals surface area (Å²) in [5.41, 5.74) is 2.25. The molecular weight excluding hydrogens is 360 g/mol. The molecule has 2 N–H and O–H groups in total. The minimum atomic E-state index is -0.370. The average molecular weight is 382 g/mol. The first kappa shape index (κ1) is 18.1. The van der Waals surface area contributed by atoms with E-state index in [2.05, 4.69) is 15.5 Å². The summed E-state index contributed by atoms with van der Waals surface area (Å²) in [6, 6.07) is 7.54. The molecule has 0 radical (unpaired) electrons. The SMILES string of the molecule is CC(=O)N1CCN(c2ccc(NC(=O)c3coc4c3C(=O)NCC4)cc2)CC1. The predicted octanol–water partition coefficient (Wildman–Crippen LogP) is 1.49. The third kappa shape index (κ3) is 3.45. The number of piperazine rings is 1. The summed E-state index contributed by atoms with van der Waals surface area (Å²) in [5.74, 6) is 0.00634. The predicted molar refractivity (Wildman–Crippen MR) is 104 cm³/mol. The number of amides is 3. The van der Waals surface area contributed by atoms with Gasteiger partial charge in [-0.15, -0.1) is 0 Å². The Balaban J connectivity index is 1.41. The normalized spacial score (nSPS) is 16.4. The second-order valence-electron chi connectivity index (χ2n) is 6.95. The number of furan rings is 1. The molecule has 0 saturated carbocycles. The number of benzene rings is 1. The van der Waals surface area contributed by atoms with E-state index in [1.165, 1.54) is 6.26 Å². The summed E-state index contributed by atoms with van der Waals surface area (Å²) in [7, 11) is 0. The van der Waals surface area contributed by atoms with Crippen LogP contribution in [0.25, 0.3) is 0 Å². The van der Waals surface area contributed by atoms with Gasteiger partial charge in [0, 0.05) is 57.4 Å². The molecule has 2 aliphatic heterocycles. The van der Waals surface area contributed by atoms with Crippen molar-refractivity contribution < 1.29 is 18.8 Å². The van der Waals surface area contributed by atoms with Gasteiger partial charge in [-0.1, -0.05) is 0 Å². The minimum Gasteiger partial charge on any atom is -0.468 e. The fourth-order valence-electron chi connectivity index (χ4n) is 3.61. The van der Waals surface area contributed by atoms with E-state index in [0.29, 0.717) is 43.1 Å². The summed E-state index contributed by atoms with van der Waals surface area (Å²) in [6.07, 6.45) is 1.92. The van der Waals surface area contributed by atoms with Crippen LogP contribution in [-0.2, 0) is 11.2 Å². The highest BCUT2D eigenvalue weighted by Crippen LogP contribution is 2.23. The van der Waals surface area contributed by atoms with Crippen LogP contribution in [0.1, 0.15) is 33.4 Å². The Morgan fingerprint density at radius 1 is 1.11 bits per heavy atom. The zero-order valence-corrected chi connectivity index (χ0v) is 15.7. The van der Waals surface area contributed by atoms with Crippen molar-refractivity contribution >= 4 is 29.1 Å². The first-order chi connectivity index (χ1) is 13.5. The van der Waals surface area contributed by atoms with Gasteiger partial charge in [0.2, 0.25) is 5.91 Å². The lowest BCUT2D eigenvalue weighted by atomic mass is 10.0. The van der Waals surface area contributed by atoms with Crippen LogP contribution in [0.5, 0.6) is 0 Å². The van der Waals surface area contributed by atoms with Crippen molar-refractivity contribution in [2.45, 2.75) is 13.3 Å². The molecule has 4 rings (SSSR count). The molecule has 1 aromatic carbocycles. The summed E-state index contributed by atoms with van der Waals surface area (Å²) in [5, 5.41) is 5.55. The highest BCUT2D eigenvalue weighted by atomic mass is 16.3. The molecule has 2 aromatic rings. The highest BCUT2D eigenvalue weighted by molar-refractivity contribution is 6.12. The molecule has 1 saturated heterocycles. The standard InChI is InChI=1S/C20H22N4O4/c1-13(25)23-8-10-24(11-9-23)15-4-2-14(3-5-15)22-19(26)16-12-28-17-6-7-21-20(27)18(16)17/h2-5,12H,6-11H2,1H3,(H,21,27)(H,22,26). The molecule has 1 fully saturated rings. The van der Waals surface area contributed by atoms with Crippen LogP contribution in [0.2, 0.25) is 0 Å². The Bertz CT molecular complexity index is 911. The van der Waals surface area contributed by atoms with Crippen molar-refractivity contribution in [1.29, 1.82) is 0 Å². The molecule has 0 spiro atoms. The summed E-state index contributed by atoms with van der Waals surface area (Å²) in [6.45, 7) is 5.09. The van der Waals surface area contributed by atoms with Crippen LogP contribution in [0.3, 0.4) is 0 Å². The van der Waals surface area contributed by atoms with Crippen LogP contribution < -0.4 is 15.5 Å². The average Bonchev–Trinajstić information content (AvgIpc) is 3.14. The van der Waals surface area contributed by atoms with Crippen molar-refractivity contribution in [3.8, 4) is 0 Å². The molecule has 1 aromatic heterocycles. The topological polar surface area (TPSA) is 94.9 Å². The maximum absolute atomic E-state index is 12.6. The molecule has 146 valence electrons. The molecule has 0 bridgehead atoms. The van der Waals surface area contributed by atoms with Crippen molar-refractivity contribution in [3.63, 3.8) is 0 Å². The molecular formula is C20H22N4O4. The van der Waals surface area contributed by atoms with E-state index < -0.39 is 0 Å². The van der Waals surface area contributed by atoms with Gasteiger partial charge in [-0.3, -0.25) is 14.4 Å². The second-order valence-corrected chi connectivity index (χ2v) is 6.95. The lowest BCUT2D eigenvalue weighted by Gasteiger charge is -2.35. The molecule has 0 aliphatic carbocycles. The van der Waals surface area contributed by atoms with E-state index in [9.17, 15) is 14.4 Å². The van der Waals surface area contributed by atoms with Gasteiger partial charge in [0.15, 0.2) is 0 Å². The van der Waals surface area contributed by atoms with Crippen LogP contribution >= 0.6 is 0 Å². The van der Waals surface area contributed by atoms with Gasteiger partial charge in [-0.05, 0) is 24.3 Å². The molecule has 2 aliphatic rings. The number of hydrogen-bond donors (Lipinski definition) is 2. The zero-order valence-electron chi connectivity index (χ0n) is 15.7. The Labute approximate surface area is 162 Å². The fraction of sp³-hybridized carbons (Fsp3) is 0.350. The first-order valence-corrected chi connectivity index (χ1v) is 9.33. The molecule has 28 heavy (non-hydrogen) atoms. The number of nitrogens with one attached hydrogen (secondary N) is 2. The lowest BCUT2D eigenvalue weighted by Crippen LogP contribution is -2.48. The van der Waals surface area contributed by atoms with Crippen molar-refractivity contribution in [2.75, 3.05) is 42.9 Å². The van der Waals surface area contributed by atoms with Gasteiger partial charge in [-0.2, -0.15) is 0 Å². The van der Waals surface area contributed by atoms with E-state index in [-0.39, 0.29) is 23.3 Å². The Kier molecular flexibility index (Phi) is 4.77. The number of fused-ring (bicyclic) bond motifs is 1. The Morgan fingerprint density at radius 2 is 1.82 bits per heavy atom. The third-order valence-corrected chi connectivity index (χ3v) is 5.19. The maximum atomic E-state index is 12.6. The summed E-state index contributed by atoms with van der Waals surface area (Å²) < 4.78 is 5.38. The zero-order chi connectivity index (χ0) is 19.7. The summed E-state index contributed by atoms with van der Waals surface area (Å²) >= 11 is 0. The smallest absolute Gasteiger partial charge is 0.259 e. The minimum absolute atomic E-state index is 0.104. The van der Waals surface area contributed by atoms with Gasteiger partial charge in [0.25, 0.3) is 11.8 Å². The Hall–Kier alpha value is -3.29. The molecule has 0 unspecified atom stereocenters. The van der Waals surface area contributed by atoms with E-state index in [4.69, 9.17) is 4.42 Å².